The van der Waals surface area contributed by atoms with Crippen LogP contribution in [0, 0.1) is 5.92 Å². The summed E-state index contributed by atoms with van der Waals surface area (Å²) in [5.41, 5.74) is 0. The predicted octanol–water partition coefficient (Wildman–Crippen LogP) is 2.32. The van der Waals surface area contributed by atoms with Gasteiger partial charge in [-0.1, -0.05) is 6.92 Å². The molecule has 1 aromatic heterocycles. The fourth-order valence-electron chi connectivity index (χ4n) is 2.66. The molecule has 7 heteroatoms. The van der Waals surface area contributed by atoms with Crippen LogP contribution in [-0.4, -0.2) is 41.5 Å². The molecular formula is C13H22ClN3O2S. The molecule has 0 spiro atoms. The molecular weight excluding hydrogens is 298 g/mol. The van der Waals surface area contributed by atoms with E-state index in [9.17, 15) is 8.42 Å². The number of hydrogen-bond donors (Lipinski definition) is 0. The molecule has 0 amide bonds. The van der Waals surface area contributed by atoms with Crippen LogP contribution in [0.5, 0.6) is 0 Å². The van der Waals surface area contributed by atoms with Gasteiger partial charge in [-0.05, 0) is 31.6 Å². The van der Waals surface area contributed by atoms with Crippen molar-refractivity contribution in [3.8, 4) is 0 Å². The van der Waals surface area contributed by atoms with E-state index >= 15 is 0 Å². The molecule has 5 nitrogen and oxygen atoms in total. The molecule has 1 heterocycles. The lowest BCUT2D eigenvalue weighted by Crippen LogP contribution is -2.39. The molecule has 1 fully saturated rings. The van der Waals surface area contributed by atoms with Gasteiger partial charge in [0.2, 0.25) is 10.0 Å². The molecule has 0 radical (unpaired) electrons. The number of sulfonamides is 1. The van der Waals surface area contributed by atoms with E-state index in [1.54, 1.807) is 17.9 Å². The Hall–Kier alpha value is -0.590. The summed E-state index contributed by atoms with van der Waals surface area (Å²) in [4.78, 5) is 0.253. The highest BCUT2D eigenvalue weighted by Gasteiger charge is 2.31. The number of hydrogen-bond acceptors (Lipinski definition) is 3. The average Bonchev–Trinajstić information content (AvgIpc) is 2.88. The van der Waals surface area contributed by atoms with E-state index in [1.807, 2.05) is 0 Å². The van der Waals surface area contributed by atoms with Gasteiger partial charge in [0.05, 0.1) is 12.7 Å². The monoisotopic (exact) mass is 319 g/mol. The van der Waals surface area contributed by atoms with E-state index in [2.05, 4.69) is 12.0 Å². The summed E-state index contributed by atoms with van der Waals surface area (Å²) in [5.74, 6) is 1.12. The number of aromatic nitrogens is 2. The standard InChI is InChI=1S/C13H22ClN3O2S/c1-11-3-5-12(6-4-11)16(2)20(18,19)13-9-15-17(10-13)8-7-14/h9-12H,3-8H2,1-2H3. The minimum Gasteiger partial charge on any atom is -0.270 e. The number of nitrogens with zero attached hydrogens (tertiary/aromatic N) is 3. The summed E-state index contributed by atoms with van der Waals surface area (Å²) in [6.45, 7) is 2.74. The molecule has 2 rings (SSSR count). The van der Waals surface area contributed by atoms with Crippen LogP contribution < -0.4 is 0 Å². The first kappa shape index (κ1) is 15.8. The second kappa shape index (κ2) is 6.45. The summed E-state index contributed by atoms with van der Waals surface area (Å²) in [6, 6.07) is 0.104. The van der Waals surface area contributed by atoms with Crippen molar-refractivity contribution in [1.29, 1.82) is 0 Å². The van der Waals surface area contributed by atoms with Crippen molar-refractivity contribution in [2.75, 3.05) is 12.9 Å². The van der Waals surface area contributed by atoms with E-state index in [1.165, 1.54) is 10.5 Å². The molecule has 1 saturated carbocycles. The second-order valence-corrected chi connectivity index (χ2v) is 7.94. The van der Waals surface area contributed by atoms with Crippen molar-refractivity contribution in [2.24, 2.45) is 5.92 Å². The van der Waals surface area contributed by atoms with E-state index in [0.29, 0.717) is 18.3 Å². The van der Waals surface area contributed by atoms with Gasteiger partial charge in [-0.25, -0.2) is 8.42 Å². The lowest BCUT2D eigenvalue weighted by molar-refractivity contribution is 0.246. The van der Waals surface area contributed by atoms with E-state index < -0.39 is 10.0 Å². The maximum Gasteiger partial charge on any atom is 0.246 e. The molecule has 0 bridgehead atoms. The zero-order chi connectivity index (χ0) is 14.8. The van der Waals surface area contributed by atoms with Gasteiger partial charge in [-0.15, -0.1) is 11.6 Å². The Balaban J connectivity index is 2.12. The molecule has 0 aliphatic heterocycles. The summed E-state index contributed by atoms with van der Waals surface area (Å²) in [5, 5.41) is 4.04. The van der Waals surface area contributed by atoms with Crippen LogP contribution in [0.25, 0.3) is 0 Å². The normalized spacial score (nSPS) is 24.2. The third kappa shape index (κ3) is 3.35. The first-order valence-electron chi connectivity index (χ1n) is 7.01. The summed E-state index contributed by atoms with van der Waals surface area (Å²) < 4.78 is 28.2. The van der Waals surface area contributed by atoms with Crippen molar-refractivity contribution >= 4 is 21.6 Å². The van der Waals surface area contributed by atoms with Gasteiger partial charge >= 0.3 is 0 Å². The molecule has 114 valence electrons. The molecule has 0 N–H and O–H groups in total. The van der Waals surface area contributed by atoms with E-state index in [-0.39, 0.29) is 10.9 Å². The van der Waals surface area contributed by atoms with Crippen molar-refractivity contribution in [2.45, 2.75) is 50.1 Å². The van der Waals surface area contributed by atoms with Crippen molar-refractivity contribution in [1.82, 2.24) is 14.1 Å². The van der Waals surface area contributed by atoms with Gasteiger partial charge < -0.3 is 0 Å². The van der Waals surface area contributed by atoms with Crippen LogP contribution in [0.2, 0.25) is 0 Å². The quantitative estimate of drug-likeness (QED) is 0.783. The summed E-state index contributed by atoms with van der Waals surface area (Å²) in [7, 11) is -1.77. The van der Waals surface area contributed by atoms with Crippen molar-refractivity contribution in [3.05, 3.63) is 12.4 Å². The van der Waals surface area contributed by atoms with E-state index in [4.69, 9.17) is 11.6 Å². The minimum atomic E-state index is -3.45. The summed E-state index contributed by atoms with van der Waals surface area (Å²) in [6.07, 6.45) is 7.02. The fourth-order valence-corrected chi connectivity index (χ4v) is 4.20. The second-order valence-electron chi connectivity index (χ2n) is 5.56. The SMILES string of the molecule is CC1CCC(N(C)S(=O)(=O)c2cnn(CCCl)c2)CC1. The van der Waals surface area contributed by atoms with Crippen LogP contribution in [0.4, 0.5) is 0 Å². The van der Waals surface area contributed by atoms with Crippen LogP contribution in [0.15, 0.2) is 17.3 Å². The molecule has 1 aromatic rings. The topological polar surface area (TPSA) is 55.2 Å². The molecule has 20 heavy (non-hydrogen) atoms. The van der Waals surface area contributed by atoms with Crippen molar-refractivity contribution < 1.29 is 8.42 Å². The van der Waals surface area contributed by atoms with Gasteiger partial charge in [0.1, 0.15) is 4.90 Å². The molecule has 1 aliphatic rings. The highest BCUT2D eigenvalue weighted by atomic mass is 35.5. The number of rotatable bonds is 5. The van der Waals surface area contributed by atoms with Gasteiger partial charge in [0.15, 0.2) is 0 Å². The highest BCUT2D eigenvalue weighted by Crippen LogP contribution is 2.29. The van der Waals surface area contributed by atoms with Crippen LogP contribution in [-0.2, 0) is 16.6 Å². The Bertz CT molecular complexity index is 536. The molecule has 0 saturated heterocycles. The third-order valence-corrected chi connectivity index (χ3v) is 6.13. The summed E-state index contributed by atoms with van der Waals surface area (Å²) >= 11 is 5.64. The highest BCUT2D eigenvalue weighted by molar-refractivity contribution is 7.89. The molecule has 0 unspecified atom stereocenters. The smallest absolute Gasteiger partial charge is 0.246 e. The van der Waals surface area contributed by atoms with Crippen LogP contribution in [0.1, 0.15) is 32.6 Å². The zero-order valence-corrected chi connectivity index (χ0v) is 13.6. The maximum atomic E-state index is 12.6. The van der Waals surface area contributed by atoms with Crippen LogP contribution in [0.3, 0.4) is 0 Å². The number of aryl methyl sites for hydroxylation is 1. The minimum absolute atomic E-state index is 0.104. The van der Waals surface area contributed by atoms with Crippen molar-refractivity contribution in [3.63, 3.8) is 0 Å². The average molecular weight is 320 g/mol. The van der Waals surface area contributed by atoms with Gasteiger partial charge in [0.25, 0.3) is 0 Å². The largest absolute Gasteiger partial charge is 0.270 e. The number of halogens is 1. The number of alkyl halides is 1. The lowest BCUT2D eigenvalue weighted by Gasteiger charge is -2.32. The van der Waals surface area contributed by atoms with Crippen LogP contribution >= 0.6 is 11.6 Å². The van der Waals surface area contributed by atoms with Gasteiger partial charge in [-0.2, -0.15) is 9.40 Å². The Labute approximate surface area is 126 Å². The lowest BCUT2D eigenvalue weighted by atomic mass is 9.87. The molecule has 0 aromatic carbocycles. The predicted molar refractivity (Wildman–Crippen MR) is 79.3 cm³/mol. The Morgan fingerprint density at radius 3 is 2.65 bits per heavy atom. The zero-order valence-electron chi connectivity index (χ0n) is 12.0. The first-order chi connectivity index (χ1) is 9.45. The molecule has 0 atom stereocenters. The van der Waals surface area contributed by atoms with E-state index in [0.717, 1.165) is 25.7 Å². The first-order valence-corrected chi connectivity index (χ1v) is 8.99. The van der Waals surface area contributed by atoms with Gasteiger partial charge in [-0.3, -0.25) is 4.68 Å². The Morgan fingerprint density at radius 2 is 2.05 bits per heavy atom. The maximum absolute atomic E-state index is 12.6. The Morgan fingerprint density at radius 1 is 1.40 bits per heavy atom. The third-order valence-electron chi connectivity index (χ3n) is 4.10. The van der Waals surface area contributed by atoms with Gasteiger partial charge in [0, 0.05) is 25.2 Å². The Kier molecular flexibility index (Phi) is 5.09. The molecule has 1 aliphatic carbocycles. The fraction of sp³-hybridized carbons (Fsp3) is 0.769.